The average Bonchev–Trinajstić information content (AvgIpc) is 2.67. The molecule has 0 aliphatic rings. The summed E-state index contributed by atoms with van der Waals surface area (Å²) in [7, 11) is -4.30. The molecule has 0 bridgehead atoms. The maximum atomic E-state index is 12.6. The molecule has 0 heterocycles. The van der Waals surface area contributed by atoms with Crippen LogP contribution in [0.2, 0.25) is 5.02 Å². The van der Waals surface area contributed by atoms with Crippen LogP contribution in [0.5, 0.6) is 0 Å². The largest absolute Gasteiger partial charge is 0.326 e. The van der Waals surface area contributed by atoms with Gasteiger partial charge in [-0.25, -0.2) is 13.1 Å². The lowest BCUT2D eigenvalue weighted by molar-refractivity contribution is -0.118. The first-order valence-corrected chi connectivity index (χ1v) is 10.7. The monoisotopic (exact) mass is 436 g/mol. The third kappa shape index (κ3) is 5.65. The van der Waals surface area contributed by atoms with Gasteiger partial charge >= 0.3 is 0 Å². The Morgan fingerprint density at radius 2 is 1.59 bits per heavy atom. The molecule has 0 atom stereocenters. The molecule has 154 valence electrons. The number of anilines is 1. The minimum atomic E-state index is -4.30. The van der Waals surface area contributed by atoms with Gasteiger partial charge in [0, 0.05) is 29.2 Å². The molecule has 2 N–H and O–H groups in total. The predicted molar refractivity (Wildman–Crippen MR) is 111 cm³/mol. The van der Waals surface area contributed by atoms with E-state index in [1.54, 1.807) is 20.8 Å². The Morgan fingerprint density at radius 3 is 2.14 bits per heavy atom. The second-order valence-corrected chi connectivity index (χ2v) is 8.64. The molecule has 9 heteroatoms. The molecule has 0 saturated carbocycles. The quantitative estimate of drug-likeness (QED) is 0.644. The van der Waals surface area contributed by atoms with Gasteiger partial charge in [0.15, 0.2) is 5.78 Å². The summed E-state index contributed by atoms with van der Waals surface area (Å²) in [6.07, 6.45) is 0.202. The van der Waals surface area contributed by atoms with Gasteiger partial charge in [-0.1, -0.05) is 32.4 Å². The molecule has 2 aromatic carbocycles. The van der Waals surface area contributed by atoms with Crippen LogP contribution < -0.4 is 10.0 Å². The van der Waals surface area contributed by atoms with Crippen LogP contribution in [0.15, 0.2) is 47.4 Å². The molecule has 2 amide bonds. The topological polar surface area (TPSA) is 109 Å². The molecule has 0 aliphatic heterocycles. The first kappa shape index (κ1) is 22.6. The van der Waals surface area contributed by atoms with Gasteiger partial charge in [0.05, 0.1) is 5.02 Å². The summed E-state index contributed by atoms with van der Waals surface area (Å²) in [5.41, 5.74) is 0.750. The average molecular weight is 437 g/mol. The molecule has 0 radical (unpaired) electrons. The number of benzene rings is 2. The molecular formula is C20H21ClN2O5S. The van der Waals surface area contributed by atoms with Gasteiger partial charge in [0.25, 0.3) is 15.9 Å². The Labute approximate surface area is 174 Å². The maximum Gasteiger partial charge on any atom is 0.265 e. The van der Waals surface area contributed by atoms with Crippen LogP contribution in [0.25, 0.3) is 0 Å². The molecule has 0 unspecified atom stereocenters. The fourth-order valence-corrected chi connectivity index (χ4v) is 3.82. The van der Waals surface area contributed by atoms with Crippen LogP contribution >= 0.6 is 11.6 Å². The van der Waals surface area contributed by atoms with Crippen molar-refractivity contribution >= 4 is 44.9 Å². The number of hydrogen-bond acceptors (Lipinski definition) is 5. The lowest BCUT2D eigenvalue weighted by atomic mass is 10.1. The van der Waals surface area contributed by atoms with E-state index in [9.17, 15) is 22.8 Å². The van der Waals surface area contributed by atoms with E-state index in [1.807, 2.05) is 4.72 Å². The maximum absolute atomic E-state index is 12.6. The first-order chi connectivity index (χ1) is 13.5. The highest BCUT2D eigenvalue weighted by atomic mass is 35.5. The SMILES string of the molecule is CCC(=O)c1ccc(Cl)c(S(=O)(=O)NC(=O)c2ccc(NC(=O)C(C)C)cc2)c1. The fraction of sp³-hybridized carbons (Fsp3) is 0.250. The van der Waals surface area contributed by atoms with Crippen molar-refractivity contribution in [1.29, 1.82) is 0 Å². The van der Waals surface area contributed by atoms with Crippen LogP contribution in [0.1, 0.15) is 47.9 Å². The van der Waals surface area contributed by atoms with Gasteiger partial charge in [-0.15, -0.1) is 0 Å². The molecule has 7 nitrogen and oxygen atoms in total. The number of nitrogens with one attached hydrogen (secondary N) is 2. The summed E-state index contributed by atoms with van der Waals surface area (Å²) < 4.78 is 27.1. The summed E-state index contributed by atoms with van der Waals surface area (Å²) in [4.78, 5) is 35.6. The highest BCUT2D eigenvalue weighted by molar-refractivity contribution is 7.90. The van der Waals surface area contributed by atoms with Crippen LogP contribution in [-0.4, -0.2) is 26.0 Å². The molecule has 0 saturated heterocycles. The predicted octanol–water partition coefficient (Wildman–Crippen LogP) is 3.65. The number of carbonyl (C=O) groups is 3. The molecule has 0 aliphatic carbocycles. The third-order valence-corrected chi connectivity index (χ3v) is 5.84. The zero-order valence-electron chi connectivity index (χ0n) is 16.2. The zero-order valence-corrected chi connectivity index (χ0v) is 17.7. The molecule has 2 rings (SSSR count). The zero-order chi connectivity index (χ0) is 21.8. The van der Waals surface area contributed by atoms with E-state index in [0.717, 1.165) is 6.07 Å². The van der Waals surface area contributed by atoms with Crippen LogP contribution in [0.4, 0.5) is 5.69 Å². The number of carbonyl (C=O) groups excluding carboxylic acids is 3. The smallest absolute Gasteiger partial charge is 0.265 e. The van der Waals surface area contributed by atoms with E-state index in [0.29, 0.717) is 5.69 Å². The molecule has 29 heavy (non-hydrogen) atoms. The first-order valence-electron chi connectivity index (χ1n) is 8.86. The number of rotatable bonds is 7. The Balaban J connectivity index is 2.21. The number of sulfonamides is 1. The van der Waals surface area contributed by atoms with Gasteiger partial charge in [-0.05, 0) is 42.5 Å². The van der Waals surface area contributed by atoms with E-state index in [2.05, 4.69) is 5.32 Å². The van der Waals surface area contributed by atoms with E-state index in [1.165, 1.54) is 36.4 Å². The van der Waals surface area contributed by atoms with Gasteiger partial charge < -0.3 is 5.32 Å². The van der Waals surface area contributed by atoms with Crippen LogP contribution in [0, 0.1) is 5.92 Å². The summed E-state index contributed by atoms with van der Waals surface area (Å²) in [6.45, 7) is 5.15. The Kier molecular flexibility index (Phi) is 7.16. The number of Topliss-reactive ketones (excluding diaryl/α,β-unsaturated/α-hetero) is 1. The number of ketones is 1. The van der Waals surface area contributed by atoms with E-state index >= 15 is 0 Å². The van der Waals surface area contributed by atoms with Crippen molar-refractivity contribution in [3.05, 3.63) is 58.6 Å². The van der Waals surface area contributed by atoms with Crippen LogP contribution in [0.3, 0.4) is 0 Å². The molecule has 0 fully saturated rings. The Morgan fingerprint density at radius 1 is 1.00 bits per heavy atom. The van der Waals surface area contributed by atoms with Crippen LogP contribution in [-0.2, 0) is 14.8 Å². The number of amides is 2. The van der Waals surface area contributed by atoms with Crippen molar-refractivity contribution in [3.8, 4) is 0 Å². The minimum absolute atomic E-state index is 0.0769. The fourth-order valence-electron chi connectivity index (χ4n) is 2.31. The standard InChI is InChI=1S/C20H21ClN2O5S/c1-4-17(24)14-7-10-16(21)18(11-14)29(27,28)23-20(26)13-5-8-15(9-6-13)22-19(25)12(2)3/h5-12H,4H2,1-3H3,(H,22,25)(H,23,26). The highest BCUT2D eigenvalue weighted by Gasteiger charge is 2.23. The van der Waals surface area contributed by atoms with Crippen molar-refractivity contribution in [2.75, 3.05) is 5.32 Å². The lowest BCUT2D eigenvalue weighted by Crippen LogP contribution is -2.31. The normalized spacial score (nSPS) is 11.2. The van der Waals surface area contributed by atoms with E-state index in [4.69, 9.17) is 11.6 Å². The summed E-state index contributed by atoms with van der Waals surface area (Å²) in [5, 5.41) is 2.57. The van der Waals surface area contributed by atoms with Gasteiger partial charge in [0.2, 0.25) is 5.91 Å². The second kappa shape index (κ2) is 9.19. The van der Waals surface area contributed by atoms with E-state index in [-0.39, 0.29) is 45.1 Å². The summed E-state index contributed by atoms with van der Waals surface area (Å²) in [6, 6.07) is 9.65. The molecular weight excluding hydrogens is 416 g/mol. The van der Waals surface area contributed by atoms with E-state index < -0.39 is 15.9 Å². The highest BCUT2D eigenvalue weighted by Crippen LogP contribution is 2.23. The van der Waals surface area contributed by atoms with Gasteiger partial charge in [0.1, 0.15) is 4.90 Å². The van der Waals surface area contributed by atoms with Gasteiger partial charge in [-0.2, -0.15) is 0 Å². The van der Waals surface area contributed by atoms with Crippen molar-refractivity contribution in [3.63, 3.8) is 0 Å². The Bertz CT molecular complexity index is 1050. The van der Waals surface area contributed by atoms with Gasteiger partial charge in [-0.3, -0.25) is 14.4 Å². The lowest BCUT2D eigenvalue weighted by Gasteiger charge is -2.11. The number of hydrogen-bond donors (Lipinski definition) is 2. The van der Waals surface area contributed by atoms with Crippen molar-refractivity contribution in [2.24, 2.45) is 5.92 Å². The molecule has 0 spiro atoms. The summed E-state index contributed by atoms with van der Waals surface area (Å²) >= 11 is 5.97. The van der Waals surface area contributed by atoms with Crippen molar-refractivity contribution in [2.45, 2.75) is 32.1 Å². The second-order valence-electron chi connectivity index (χ2n) is 6.58. The van der Waals surface area contributed by atoms with Crippen molar-refractivity contribution < 1.29 is 22.8 Å². The Hall–Kier alpha value is -2.71. The van der Waals surface area contributed by atoms with Crippen molar-refractivity contribution in [1.82, 2.24) is 4.72 Å². The molecule has 2 aromatic rings. The molecule has 0 aromatic heterocycles. The number of halogens is 1. The minimum Gasteiger partial charge on any atom is -0.326 e. The summed E-state index contributed by atoms with van der Waals surface area (Å²) in [5.74, 6) is -1.50. The third-order valence-electron chi connectivity index (χ3n) is 4.03.